The molecule has 0 atom stereocenters. The Labute approximate surface area is 123 Å². The van der Waals surface area contributed by atoms with Crippen LogP contribution in [-0.4, -0.2) is 22.9 Å². The zero-order chi connectivity index (χ0) is 14.8. The molecule has 0 spiro atoms. The predicted octanol–water partition coefficient (Wildman–Crippen LogP) is 1.80. The van der Waals surface area contributed by atoms with Gasteiger partial charge in [0.2, 0.25) is 5.43 Å². The molecular formula is C16H19N3O2. The normalized spacial score (nSPS) is 14.2. The standard InChI is InChI=1S/C16H19N3O2/c1-11-9-16(20)15(10-17-12-3-4-12)18-19(11)13-5-7-14(21-2)8-6-13/h5-9,12,17H,3-4,10H2,1-2H3. The van der Waals surface area contributed by atoms with Crippen molar-refractivity contribution in [2.24, 2.45) is 0 Å². The molecule has 0 aliphatic heterocycles. The summed E-state index contributed by atoms with van der Waals surface area (Å²) in [6.45, 7) is 2.41. The second kappa shape index (κ2) is 5.69. The smallest absolute Gasteiger partial charge is 0.204 e. The summed E-state index contributed by atoms with van der Waals surface area (Å²) in [4.78, 5) is 12.0. The minimum Gasteiger partial charge on any atom is -0.497 e. The number of nitrogens with one attached hydrogen (secondary N) is 1. The molecule has 1 aromatic heterocycles. The lowest BCUT2D eigenvalue weighted by Crippen LogP contribution is -2.25. The minimum atomic E-state index is -0.00888. The van der Waals surface area contributed by atoms with Gasteiger partial charge in [-0.15, -0.1) is 0 Å². The van der Waals surface area contributed by atoms with Gasteiger partial charge < -0.3 is 10.1 Å². The fraction of sp³-hybridized carbons (Fsp3) is 0.375. The number of hydrogen-bond donors (Lipinski definition) is 1. The molecule has 2 aromatic rings. The molecule has 1 aromatic carbocycles. The van der Waals surface area contributed by atoms with Crippen LogP contribution < -0.4 is 15.5 Å². The molecule has 0 amide bonds. The Kier molecular flexibility index (Phi) is 3.75. The highest BCUT2D eigenvalue weighted by molar-refractivity contribution is 5.37. The van der Waals surface area contributed by atoms with Crippen LogP contribution in [0.2, 0.25) is 0 Å². The topological polar surface area (TPSA) is 56.1 Å². The fourth-order valence-corrected chi connectivity index (χ4v) is 2.22. The number of ether oxygens (including phenoxy) is 1. The first-order valence-corrected chi connectivity index (χ1v) is 7.15. The summed E-state index contributed by atoms with van der Waals surface area (Å²) in [7, 11) is 1.64. The van der Waals surface area contributed by atoms with Crippen molar-refractivity contribution in [1.29, 1.82) is 0 Å². The Bertz CT molecular complexity index is 688. The molecule has 1 saturated carbocycles. The molecule has 1 aliphatic rings. The SMILES string of the molecule is COc1ccc(-n2nc(CNC3CC3)c(=O)cc2C)cc1. The van der Waals surface area contributed by atoms with Crippen LogP contribution in [0, 0.1) is 6.92 Å². The van der Waals surface area contributed by atoms with Crippen molar-refractivity contribution in [1.82, 2.24) is 15.1 Å². The zero-order valence-corrected chi connectivity index (χ0v) is 12.3. The van der Waals surface area contributed by atoms with Crippen LogP contribution in [0.5, 0.6) is 5.75 Å². The molecule has 0 saturated heterocycles. The maximum atomic E-state index is 12.0. The van der Waals surface area contributed by atoms with Gasteiger partial charge in [-0.25, -0.2) is 4.68 Å². The molecule has 0 unspecified atom stereocenters. The summed E-state index contributed by atoms with van der Waals surface area (Å²) < 4.78 is 6.96. The van der Waals surface area contributed by atoms with Gasteiger partial charge in [0.05, 0.1) is 12.8 Å². The van der Waals surface area contributed by atoms with E-state index in [1.54, 1.807) is 17.9 Å². The monoisotopic (exact) mass is 285 g/mol. The second-order valence-electron chi connectivity index (χ2n) is 5.36. The Balaban J connectivity index is 1.91. The third-order valence-electron chi connectivity index (χ3n) is 3.63. The summed E-state index contributed by atoms with van der Waals surface area (Å²) in [5.74, 6) is 0.799. The van der Waals surface area contributed by atoms with Crippen LogP contribution in [0.4, 0.5) is 0 Å². The molecule has 21 heavy (non-hydrogen) atoms. The van der Waals surface area contributed by atoms with E-state index in [0.29, 0.717) is 18.3 Å². The van der Waals surface area contributed by atoms with Gasteiger partial charge in [-0.3, -0.25) is 4.79 Å². The van der Waals surface area contributed by atoms with Gasteiger partial charge in [-0.1, -0.05) is 0 Å². The lowest BCUT2D eigenvalue weighted by atomic mass is 10.2. The Morgan fingerprint density at radius 1 is 1.33 bits per heavy atom. The number of hydrogen-bond acceptors (Lipinski definition) is 4. The van der Waals surface area contributed by atoms with E-state index in [0.717, 1.165) is 17.1 Å². The van der Waals surface area contributed by atoms with E-state index < -0.39 is 0 Å². The van der Waals surface area contributed by atoms with E-state index in [1.165, 1.54) is 12.8 Å². The van der Waals surface area contributed by atoms with Crippen LogP contribution in [0.1, 0.15) is 24.2 Å². The van der Waals surface area contributed by atoms with Crippen molar-refractivity contribution in [3.8, 4) is 11.4 Å². The number of aryl methyl sites for hydroxylation is 1. The van der Waals surface area contributed by atoms with Crippen molar-refractivity contribution < 1.29 is 4.74 Å². The quantitative estimate of drug-likeness (QED) is 0.910. The van der Waals surface area contributed by atoms with Crippen LogP contribution in [0.15, 0.2) is 35.1 Å². The van der Waals surface area contributed by atoms with E-state index in [9.17, 15) is 4.79 Å². The van der Waals surface area contributed by atoms with E-state index >= 15 is 0 Å². The van der Waals surface area contributed by atoms with Gasteiger partial charge >= 0.3 is 0 Å². The van der Waals surface area contributed by atoms with E-state index in [1.807, 2.05) is 31.2 Å². The van der Waals surface area contributed by atoms with Crippen molar-refractivity contribution in [3.05, 3.63) is 51.9 Å². The lowest BCUT2D eigenvalue weighted by Gasteiger charge is -2.12. The van der Waals surface area contributed by atoms with Crippen molar-refractivity contribution in [2.45, 2.75) is 32.4 Å². The molecule has 0 bridgehead atoms. The van der Waals surface area contributed by atoms with Crippen molar-refractivity contribution in [3.63, 3.8) is 0 Å². The molecule has 1 heterocycles. The molecule has 0 radical (unpaired) electrons. The first-order chi connectivity index (χ1) is 10.2. The largest absolute Gasteiger partial charge is 0.497 e. The Morgan fingerprint density at radius 2 is 2.05 bits per heavy atom. The van der Waals surface area contributed by atoms with E-state index in [4.69, 9.17) is 4.74 Å². The summed E-state index contributed by atoms with van der Waals surface area (Å²) in [5, 5.41) is 7.83. The highest BCUT2D eigenvalue weighted by atomic mass is 16.5. The maximum absolute atomic E-state index is 12.0. The number of rotatable bonds is 5. The summed E-state index contributed by atoms with van der Waals surface area (Å²) in [6.07, 6.45) is 2.39. The molecular weight excluding hydrogens is 266 g/mol. The van der Waals surface area contributed by atoms with Gasteiger partial charge in [0.15, 0.2) is 0 Å². The van der Waals surface area contributed by atoms with Gasteiger partial charge in [-0.2, -0.15) is 5.10 Å². The summed E-state index contributed by atoms with van der Waals surface area (Å²) >= 11 is 0. The van der Waals surface area contributed by atoms with Gasteiger partial charge in [-0.05, 0) is 44.0 Å². The average molecular weight is 285 g/mol. The molecule has 3 rings (SSSR count). The maximum Gasteiger partial charge on any atom is 0.204 e. The zero-order valence-electron chi connectivity index (χ0n) is 12.3. The molecule has 5 heteroatoms. The van der Waals surface area contributed by atoms with Crippen LogP contribution >= 0.6 is 0 Å². The van der Waals surface area contributed by atoms with Crippen molar-refractivity contribution >= 4 is 0 Å². The lowest BCUT2D eigenvalue weighted by molar-refractivity contribution is 0.414. The Morgan fingerprint density at radius 3 is 2.67 bits per heavy atom. The predicted molar refractivity (Wildman–Crippen MR) is 81.0 cm³/mol. The fourth-order valence-electron chi connectivity index (χ4n) is 2.22. The number of benzene rings is 1. The molecule has 110 valence electrons. The van der Waals surface area contributed by atoms with Gasteiger partial charge in [0, 0.05) is 24.3 Å². The summed E-state index contributed by atoms with van der Waals surface area (Å²) in [5.41, 5.74) is 2.29. The number of methoxy groups -OCH3 is 1. The van der Waals surface area contributed by atoms with Crippen LogP contribution in [0.3, 0.4) is 0 Å². The minimum absolute atomic E-state index is 0.00888. The van der Waals surface area contributed by atoms with E-state index in [-0.39, 0.29) is 5.43 Å². The Hall–Kier alpha value is -2.14. The molecule has 5 nitrogen and oxygen atoms in total. The number of nitrogens with zero attached hydrogens (tertiary/aromatic N) is 2. The second-order valence-corrected chi connectivity index (χ2v) is 5.36. The highest BCUT2D eigenvalue weighted by Crippen LogP contribution is 2.19. The molecule has 1 N–H and O–H groups in total. The summed E-state index contributed by atoms with van der Waals surface area (Å²) in [6, 6.07) is 9.83. The van der Waals surface area contributed by atoms with Gasteiger partial charge in [0.1, 0.15) is 11.4 Å². The van der Waals surface area contributed by atoms with Gasteiger partial charge in [0.25, 0.3) is 0 Å². The van der Waals surface area contributed by atoms with Crippen molar-refractivity contribution in [2.75, 3.05) is 7.11 Å². The average Bonchev–Trinajstić information content (AvgIpc) is 3.31. The third-order valence-corrected chi connectivity index (χ3v) is 3.63. The first-order valence-electron chi connectivity index (χ1n) is 7.15. The molecule has 1 fully saturated rings. The first kappa shape index (κ1) is 13.8. The molecule has 1 aliphatic carbocycles. The van der Waals surface area contributed by atoms with E-state index in [2.05, 4.69) is 10.4 Å². The number of aromatic nitrogens is 2. The highest BCUT2D eigenvalue weighted by Gasteiger charge is 2.21. The third kappa shape index (κ3) is 3.13. The van der Waals surface area contributed by atoms with Crippen LogP contribution in [0.25, 0.3) is 5.69 Å². The van der Waals surface area contributed by atoms with Crippen LogP contribution in [-0.2, 0) is 6.54 Å².